The molecule has 96 valence electrons. The molecule has 0 aliphatic carbocycles. The molecular weight excluding hydrogens is 226 g/mol. The lowest BCUT2D eigenvalue weighted by Gasteiger charge is -2.17. The largest absolute Gasteiger partial charge is 0.496 e. The van der Waals surface area contributed by atoms with Gasteiger partial charge in [-0.05, 0) is 43.3 Å². The van der Waals surface area contributed by atoms with Gasteiger partial charge in [0.2, 0.25) is 0 Å². The van der Waals surface area contributed by atoms with E-state index in [1.54, 1.807) is 13.4 Å². The lowest BCUT2D eigenvalue weighted by atomic mass is 10.0. The van der Waals surface area contributed by atoms with Crippen LogP contribution in [0, 0.1) is 6.92 Å². The summed E-state index contributed by atoms with van der Waals surface area (Å²) < 4.78 is 10.7. The van der Waals surface area contributed by atoms with Gasteiger partial charge >= 0.3 is 0 Å². The molecule has 3 nitrogen and oxygen atoms in total. The van der Waals surface area contributed by atoms with Crippen molar-refractivity contribution in [1.29, 1.82) is 0 Å². The van der Waals surface area contributed by atoms with Crippen molar-refractivity contribution in [3.05, 3.63) is 53.5 Å². The minimum absolute atomic E-state index is 0.251. The van der Waals surface area contributed by atoms with E-state index in [4.69, 9.17) is 9.15 Å². The third kappa shape index (κ3) is 2.74. The second-order valence-electron chi connectivity index (χ2n) is 4.35. The average molecular weight is 245 g/mol. The number of ether oxygens (including phenoxy) is 1. The van der Waals surface area contributed by atoms with Crippen LogP contribution in [0.4, 0.5) is 0 Å². The Balaban J connectivity index is 2.19. The Morgan fingerprint density at radius 1 is 1.33 bits per heavy atom. The zero-order valence-electron chi connectivity index (χ0n) is 11.1. The molecule has 1 aromatic heterocycles. The topological polar surface area (TPSA) is 34.4 Å². The first-order chi connectivity index (χ1) is 8.74. The summed E-state index contributed by atoms with van der Waals surface area (Å²) in [7, 11) is 3.66. The van der Waals surface area contributed by atoms with Crippen LogP contribution in [0.1, 0.15) is 22.9 Å². The lowest BCUT2D eigenvalue weighted by Crippen LogP contribution is -2.18. The molecule has 0 aliphatic rings. The molecule has 2 aromatic rings. The number of benzene rings is 1. The van der Waals surface area contributed by atoms with Crippen LogP contribution in [-0.4, -0.2) is 14.2 Å². The van der Waals surface area contributed by atoms with Crippen LogP contribution < -0.4 is 10.1 Å². The standard InChI is InChI=1S/C15H19NO2/c1-11-9-12(6-7-15(11)17-3)14(16-2)10-13-5-4-8-18-13/h4-9,14,16H,10H2,1-3H3. The molecule has 0 bridgehead atoms. The van der Waals surface area contributed by atoms with Crippen molar-refractivity contribution in [2.45, 2.75) is 19.4 Å². The predicted octanol–water partition coefficient (Wildman–Crippen LogP) is 3.10. The van der Waals surface area contributed by atoms with Crippen molar-refractivity contribution < 1.29 is 9.15 Å². The molecule has 1 heterocycles. The summed E-state index contributed by atoms with van der Waals surface area (Å²) in [6, 6.07) is 10.4. The van der Waals surface area contributed by atoms with Crippen molar-refractivity contribution in [3.63, 3.8) is 0 Å². The van der Waals surface area contributed by atoms with Crippen molar-refractivity contribution in [2.75, 3.05) is 14.2 Å². The summed E-state index contributed by atoms with van der Waals surface area (Å²) in [5.74, 6) is 1.91. The number of methoxy groups -OCH3 is 1. The van der Waals surface area contributed by atoms with Gasteiger partial charge in [-0.2, -0.15) is 0 Å². The van der Waals surface area contributed by atoms with Gasteiger partial charge in [-0.1, -0.05) is 12.1 Å². The maximum Gasteiger partial charge on any atom is 0.121 e. The summed E-state index contributed by atoms with van der Waals surface area (Å²) in [6.07, 6.45) is 2.55. The van der Waals surface area contributed by atoms with Gasteiger partial charge in [-0.25, -0.2) is 0 Å². The highest BCUT2D eigenvalue weighted by molar-refractivity contribution is 5.37. The Bertz CT molecular complexity index is 491. The molecule has 0 saturated heterocycles. The van der Waals surface area contributed by atoms with Crippen molar-refractivity contribution >= 4 is 0 Å². The molecule has 0 saturated carbocycles. The summed E-state index contributed by atoms with van der Waals surface area (Å²) in [5, 5.41) is 3.32. The van der Waals surface area contributed by atoms with E-state index in [2.05, 4.69) is 24.4 Å². The van der Waals surface area contributed by atoms with Gasteiger partial charge < -0.3 is 14.5 Å². The van der Waals surface area contributed by atoms with Gasteiger partial charge in [0.05, 0.1) is 13.4 Å². The number of hydrogen-bond donors (Lipinski definition) is 1. The number of nitrogens with one attached hydrogen (secondary N) is 1. The highest BCUT2D eigenvalue weighted by Gasteiger charge is 2.13. The highest BCUT2D eigenvalue weighted by atomic mass is 16.5. The Morgan fingerprint density at radius 3 is 2.72 bits per heavy atom. The quantitative estimate of drug-likeness (QED) is 0.879. The normalized spacial score (nSPS) is 12.4. The predicted molar refractivity (Wildman–Crippen MR) is 71.9 cm³/mol. The fourth-order valence-electron chi connectivity index (χ4n) is 2.13. The molecule has 18 heavy (non-hydrogen) atoms. The summed E-state index contributed by atoms with van der Waals surface area (Å²) >= 11 is 0. The molecule has 1 aromatic carbocycles. The van der Waals surface area contributed by atoms with Crippen molar-refractivity contribution in [3.8, 4) is 5.75 Å². The summed E-state index contributed by atoms with van der Waals surface area (Å²) in [4.78, 5) is 0. The Kier molecular flexibility index (Phi) is 4.05. The minimum atomic E-state index is 0.251. The lowest BCUT2D eigenvalue weighted by molar-refractivity contribution is 0.411. The fourth-order valence-corrected chi connectivity index (χ4v) is 2.13. The van der Waals surface area contributed by atoms with Crippen molar-refractivity contribution in [1.82, 2.24) is 5.32 Å². The molecule has 0 radical (unpaired) electrons. The smallest absolute Gasteiger partial charge is 0.121 e. The maximum atomic E-state index is 5.40. The zero-order chi connectivity index (χ0) is 13.0. The molecule has 2 rings (SSSR count). The van der Waals surface area contributed by atoms with Crippen LogP contribution in [0.25, 0.3) is 0 Å². The number of furan rings is 1. The first kappa shape index (κ1) is 12.7. The molecule has 0 fully saturated rings. The highest BCUT2D eigenvalue weighted by Crippen LogP contribution is 2.24. The van der Waals surface area contributed by atoms with E-state index < -0.39 is 0 Å². The van der Waals surface area contributed by atoms with Crippen LogP contribution in [0.2, 0.25) is 0 Å². The molecule has 1 N–H and O–H groups in total. The van der Waals surface area contributed by atoms with E-state index in [0.29, 0.717) is 0 Å². The first-order valence-corrected chi connectivity index (χ1v) is 6.08. The molecule has 3 heteroatoms. The van der Waals surface area contributed by atoms with Gasteiger partial charge in [-0.3, -0.25) is 0 Å². The van der Waals surface area contributed by atoms with E-state index in [0.717, 1.165) is 23.5 Å². The second kappa shape index (κ2) is 5.74. The van der Waals surface area contributed by atoms with Crippen molar-refractivity contribution in [2.24, 2.45) is 0 Å². The second-order valence-corrected chi connectivity index (χ2v) is 4.35. The van der Waals surface area contributed by atoms with E-state index in [1.165, 1.54) is 5.56 Å². The van der Waals surface area contributed by atoms with E-state index >= 15 is 0 Å². The average Bonchev–Trinajstić information content (AvgIpc) is 2.88. The van der Waals surface area contributed by atoms with E-state index in [9.17, 15) is 0 Å². The molecule has 0 spiro atoms. The maximum absolute atomic E-state index is 5.40. The van der Waals surface area contributed by atoms with E-state index in [1.807, 2.05) is 25.2 Å². The number of likely N-dealkylation sites (N-methyl/N-ethyl adjacent to an activating group) is 1. The molecular formula is C15H19NO2. The third-order valence-electron chi connectivity index (χ3n) is 3.16. The van der Waals surface area contributed by atoms with E-state index in [-0.39, 0.29) is 6.04 Å². The Morgan fingerprint density at radius 2 is 2.17 bits per heavy atom. The van der Waals surface area contributed by atoms with Crippen LogP contribution in [0.5, 0.6) is 5.75 Å². The SMILES string of the molecule is CNC(Cc1ccco1)c1ccc(OC)c(C)c1. The molecule has 0 aliphatic heterocycles. The number of hydrogen-bond acceptors (Lipinski definition) is 3. The number of aryl methyl sites for hydroxylation is 1. The van der Waals surface area contributed by atoms with Crippen LogP contribution >= 0.6 is 0 Å². The van der Waals surface area contributed by atoms with Gasteiger partial charge in [0.1, 0.15) is 11.5 Å². The summed E-state index contributed by atoms with van der Waals surface area (Å²) in [5.41, 5.74) is 2.39. The first-order valence-electron chi connectivity index (χ1n) is 6.08. The van der Waals surface area contributed by atoms with Gasteiger partial charge in [-0.15, -0.1) is 0 Å². The van der Waals surface area contributed by atoms with Crippen LogP contribution in [0.15, 0.2) is 41.0 Å². The number of rotatable bonds is 5. The molecule has 0 amide bonds. The monoisotopic (exact) mass is 245 g/mol. The van der Waals surface area contributed by atoms with Crippen LogP contribution in [0.3, 0.4) is 0 Å². The molecule has 1 atom stereocenters. The summed E-state index contributed by atoms with van der Waals surface area (Å²) in [6.45, 7) is 2.06. The van der Waals surface area contributed by atoms with Gasteiger partial charge in [0, 0.05) is 12.5 Å². The van der Waals surface area contributed by atoms with Crippen LogP contribution in [-0.2, 0) is 6.42 Å². The van der Waals surface area contributed by atoms with Gasteiger partial charge in [0.25, 0.3) is 0 Å². The molecule has 1 unspecified atom stereocenters. The zero-order valence-corrected chi connectivity index (χ0v) is 11.1. The Labute approximate surface area is 108 Å². The Hall–Kier alpha value is -1.74. The van der Waals surface area contributed by atoms with Gasteiger partial charge in [0.15, 0.2) is 0 Å². The fraction of sp³-hybridized carbons (Fsp3) is 0.333. The third-order valence-corrected chi connectivity index (χ3v) is 3.16. The minimum Gasteiger partial charge on any atom is -0.496 e.